The lowest BCUT2D eigenvalue weighted by Gasteiger charge is -2.25. The lowest BCUT2D eigenvalue weighted by Crippen LogP contribution is -2.49. The maximum atomic E-state index is 10.2. The molecule has 79 valence electrons. The minimum absolute atomic E-state index is 0.833. The van der Waals surface area contributed by atoms with Gasteiger partial charge in [0.2, 0.25) is 6.29 Å². The van der Waals surface area contributed by atoms with Crippen molar-refractivity contribution in [2.24, 2.45) is 0 Å². The number of hydrogen-bond acceptors (Lipinski definition) is 6. The third-order valence-electron chi connectivity index (χ3n) is 1.57. The predicted octanol–water partition coefficient (Wildman–Crippen LogP) is -3.83. The summed E-state index contributed by atoms with van der Waals surface area (Å²) in [5, 5.41) is 62.2. The van der Waals surface area contributed by atoms with Crippen molar-refractivity contribution in [3.05, 3.63) is 0 Å². The molecular formula is C6H13O7. The lowest BCUT2D eigenvalue weighted by molar-refractivity contribution is -0.212. The van der Waals surface area contributed by atoms with Gasteiger partial charge in [0, 0.05) is 0 Å². The molecule has 0 heterocycles. The first kappa shape index (κ1) is 12.7. The second-order valence-electron chi connectivity index (χ2n) is 2.61. The first-order valence-corrected chi connectivity index (χ1v) is 3.58. The van der Waals surface area contributed by atoms with Crippen molar-refractivity contribution in [1.29, 1.82) is 0 Å². The van der Waals surface area contributed by atoms with Gasteiger partial charge in [-0.3, -0.25) is 0 Å². The zero-order valence-corrected chi connectivity index (χ0v) is 6.69. The van der Waals surface area contributed by atoms with E-state index in [9.17, 15) is 5.11 Å². The Morgan fingerprint density at radius 2 is 1.31 bits per heavy atom. The van der Waals surface area contributed by atoms with Crippen LogP contribution in [0.3, 0.4) is 0 Å². The summed E-state index contributed by atoms with van der Waals surface area (Å²) in [4.78, 5) is 0. The van der Waals surface area contributed by atoms with Gasteiger partial charge in [-0.1, -0.05) is 0 Å². The summed E-state index contributed by atoms with van der Waals surface area (Å²) in [7, 11) is 0. The maximum absolute atomic E-state index is 10.2. The van der Waals surface area contributed by atoms with Crippen molar-refractivity contribution < 1.29 is 35.7 Å². The van der Waals surface area contributed by atoms with Crippen LogP contribution in [0.2, 0.25) is 0 Å². The highest BCUT2D eigenvalue weighted by molar-refractivity contribution is 4.81. The molecule has 1 unspecified atom stereocenters. The molecule has 0 aromatic carbocycles. The molecule has 7 heteroatoms. The molecule has 0 rings (SSSR count). The second kappa shape index (κ2) is 5.45. The van der Waals surface area contributed by atoms with E-state index >= 15 is 0 Å². The van der Waals surface area contributed by atoms with E-state index in [0.29, 0.717) is 0 Å². The Morgan fingerprint density at radius 3 is 1.62 bits per heavy atom. The molecule has 0 saturated carbocycles. The fourth-order valence-corrected chi connectivity index (χ4v) is 0.706. The zero-order chi connectivity index (χ0) is 10.6. The largest absolute Gasteiger partial charge is 0.394 e. The summed E-state index contributed by atoms with van der Waals surface area (Å²) >= 11 is 0. The molecule has 0 aliphatic carbocycles. The van der Waals surface area contributed by atoms with E-state index in [1.54, 1.807) is 0 Å². The van der Waals surface area contributed by atoms with Crippen LogP contribution in [0.15, 0.2) is 0 Å². The quantitative estimate of drug-likeness (QED) is 0.249. The maximum Gasteiger partial charge on any atom is 0.217 e. The normalized spacial score (nSPS) is 21.2. The molecule has 5 atom stereocenters. The zero-order valence-electron chi connectivity index (χ0n) is 6.69. The highest BCUT2D eigenvalue weighted by atomic mass is 16.5. The first-order chi connectivity index (χ1) is 5.91. The highest BCUT2D eigenvalue weighted by Gasteiger charge is 2.33. The Kier molecular flexibility index (Phi) is 5.33. The molecule has 0 bridgehead atoms. The van der Waals surface area contributed by atoms with Crippen molar-refractivity contribution in [1.82, 2.24) is 0 Å². The van der Waals surface area contributed by atoms with E-state index in [2.05, 4.69) is 0 Å². The molecule has 0 saturated heterocycles. The number of rotatable bonds is 5. The molecule has 0 amide bonds. The van der Waals surface area contributed by atoms with E-state index in [1.165, 1.54) is 0 Å². The number of aliphatic hydroxyl groups is 6. The molecule has 0 aromatic rings. The standard InChI is InChI=1S/C6H13O7/c7-1-2(8)3(9)4(10)5(11)6(12)13/h2-12H,1H2/t2-,3-,4+,5+,6?/m1/s1. The molecule has 0 fully saturated rings. The van der Waals surface area contributed by atoms with Crippen LogP contribution < -0.4 is 0 Å². The fourth-order valence-electron chi connectivity index (χ4n) is 0.706. The molecule has 0 aromatic heterocycles. The van der Waals surface area contributed by atoms with E-state index in [-0.39, 0.29) is 0 Å². The van der Waals surface area contributed by atoms with Gasteiger partial charge in [0.05, 0.1) is 6.61 Å². The van der Waals surface area contributed by atoms with Crippen LogP contribution in [-0.4, -0.2) is 68.0 Å². The summed E-state index contributed by atoms with van der Waals surface area (Å²) < 4.78 is 0. The van der Waals surface area contributed by atoms with Gasteiger partial charge in [0.1, 0.15) is 24.4 Å². The van der Waals surface area contributed by atoms with E-state index < -0.39 is 37.3 Å². The molecule has 13 heavy (non-hydrogen) atoms. The van der Waals surface area contributed by atoms with Gasteiger partial charge < -0.3 is 30.6 Å². The minimum atomic E-state index is -2.48. The molecule has 6 N–H and O–H groups in total. The predicted molar refractivity (Wildman–Crippen MR) is 37.8 cm³/mol. The SMILES string of the molecule is [O]C(O)[C@@H](O)[C@@H](O)[C@H](O)[C@H](O)CO. The van der Waals surface area contributed by atoms with E-state index in [0.717, 1.165) is 0 Å². The summed E-state index contributed by atoms with van der Waals surface area (Å²) in [6, 6.07) is 0. The summed E-state index contributed by atoms with van der Waals surface area (Å²) in [6.07, 6.45) is -10.2. The third-order valence-corrected chi connectivity index (χ3v) is 1.57. The van der Waals surface area contributed by atoms with Crippen LogP contribution in [0, 0.1) is 0 Å². The number of hydrogen-bond donors (Lipinski definition) is 6. The van der Waals surface area contributed by atoms with Crippen LogP contribution in [0.25, 0.3) is 0 Å². The Labute approximate surface area is 74.1 Å². The van der Waals surface area contributed by atoms with Crippen molar-refractivity contribution in [3.8, 4) is 0 Å². The first-order valence-electron chi connectivity index (χ1n) is 3.58. The van der Waals surface area contributed by atoms with E-state index in [4.69, 9.17) is 30.6 Å². The van der Waals surface area contributed by atoms with Gasteiger partial charge in [-0.25, -0.2) is 0 Å². The lowest BCUT2D eigenvalue weighted by atomic mass is 10.0. The topological polar surface area (TPSA) is 141 Å². The summed E-state index contributed by atoms with van der Waals surface area (Å²) in [5.41, 5.74) is 0. The van der Waals surface area contributed by atoms with Gasteiger partial charge in [-0.05, 0) is 0 Å². The van der Waals surface area contributed by atoms with Crippen LogP contribution in [0.4, 0.5) is 0 Å². The molecule has 0 aliphatic rings. The van der Waals surface area contributed by atoms with Gasteiger partial charge in [-0.2, -0.15) is 5.11 Å². The van der Waals surface area contributed by atoms with Crippen LogP contribution in [0.5, 0.6) is 0 Å². The van der Waals surface area contributed by atoms with Crippen molar-refractivity contribution in [2.75, 3.05) is 6.61 Å². The number of aliphatic hydroxyl groups excluding tert-OH is 6. The van der Waals surface area contributed by atoms with Gasteiger partial charge in [-0.15, -0.1) is 0 Å². The summed E-state index contributed by atoms with van der Waals surface area (Å²) in [6.45, 7) is -0.833. The Balaban J connectivity index is 4.15. The average Bonchev–Trinajstić information content (AvgIpc) is 2.12. The van der Waals surface area contributed by atoms with Crippen molar-refractivity contribution >= 4 is 0 Å². The average molecular weight is 197 g/mol. The van der Waals surface area contributed by atoms with Gasteiger partial charge in [0.15, 0.2) is 0 Å². The Bertz CT molecular complexity index is 139. The van der Waals surface area contributed by atoms with Crippen LogP contribution in [0.1, 0.15) is 0 Å². The molecule has 0 spiro atoms. The minimum Gasteiger partial charge on any atom is -0.394 e. The van der Waals surface area contributed by atoms with Crippen molar-refractivity contribution in [2.45, 2.75) is 30.7 Å². The highest BCUT2D eigenvalue weighted by Crippen LogP contribution is 2.07. The summed E-state index contributed by atoms with van der Waals surface area (Å²) in [5.74, 6) is 0. The van der Waals surface area contributed by atoms with E-state index in [1.807, 2.05) is 0 Å². The monoisotopic (exact) mass is 197 g/mol. The molecule has 7 nitrogen and oxygen atoms in total. The van der Waals surface area contributed by atoms with Crippen molar-refractivity contribution in [3.63, 3.8) is 0 Å². The smallest absolute Gasteiger partial charge is 0.217 e. The van der Waals surface area contributed by atoms with Gasteiger partial charge >= 0.3 is 0 Å². The Hall–Kier alpha value is -0.280. The van der Waals surface area contributed by atoms with Gasteiger partial charge in [0.25, 0.3) is 0 Å². The second-order valence-corrected chi connectivity index (χ2v) is 2.61. The van der Waals surface area contributed by atoms with Crippen LogP contribution >= 0.6 is 0 Å². The molecule has 1 radical (unpaired) electrons. The molecule has 0 aliphatic heterocycles. The third kappa shape index (κ3) is 3.53. The Morgan fingerprint density at radius 1 is 0.846 bits per heavy atom. The molecular weight excluding hydrogens is 184 g/mol. The fraction of sp³-hybridized carbons (Fsp3) is 1.00. The van der Waals surface area contributed by atoms with Crippen LogP contribution in [-0.2, 0) is 5.11 Å².